The van der Waals surface area contributed by atoms with Crippen LogP contribution in [-0.2, 0) is 4.79 Å². The van der Waals surface area contributed by atoms with Gasteiger partial charge in [-0.3, -0.25) is 4.79 Å². The number of carbonyl (C=O) groups is 1. The Morgan fingerprint density at radius 1 is 1.60 bits per heavy atom. The second-order valence-corrected chi connectivity index (χ2v) is 3.49. The molecule has 0 aliphatic carbocycles. The fourth-order valence-corrected chi connectivity index (χ4v) is 1.79. The third-order valence-electron chi connectivity index (χ3n) is 2.59. The number of carbonyl (C=O) groups excluding carboxylic acids is 1. The zero-order chi connectivity index (χ0) is 11.0. The number of fused-ring (bicyclic) bond motifs is 1. The minimum atomic E-state index is -0.505. The summed E-state index contributed by atoms with van der Waals surface area (Å²) >= 11 is 0. The first kappa shape index (κ1) is 9.92. The molecule has 1 aliphatic heterocycles. The standard InChI is InChI=1S/C10H12FN3O/c1-14-8(5-12)10(15)13-7-4-2-3-6(11)9(7)14/h2-4,8H,5,12H2,1H3,(H,13,15). The summed E-state index contributed by atoms with van der Waals surface area (Å²) in [6.45, 7) is 0.163. The van der Waals surface area contributed by atoms with E-state index in [0.717, 1.165) is 0 Å². The number of likely N-dealkylation sites (N-methyl/N-ethyl adjacent to an activating group) is 1. The molecule has 0 saturated heterocycles. The summed E-state index contributed by atoms with van der Waals surface area (Å²) in [6, 6.07) is 4.08. The van der Waals surface area contributed by atoms with Crippen molar-refractivity contribution < 1.29 is 9.18 Å². The van der Waals surface area contributed by atoms with Crippen LogP contribution in [0.1, 0.15) is 0 Å². The van der Waals surface area contributed by atoms with E-state index >= 15 is 0 Å². The zero-order valence-corrected chi connectivity index (χ0v) is 8.33. The number of amides is 1. The molecule has 0 saturated carbocycles. The van der Waals surface area contributed by atoms with Crippen molar-refractivity contribution in [1.29, 1.82) is 0 Å². The number of nitrogens with zero attached hydrogens (tertiary/aromatic N) is 1. The zero-order valence-electron chi connectivity index (χ0n) is 8.33. The topological polar surface area (TPSA) is 58.4 Å². The number of rotatable bonds is 1. The van der Waals surface area contributed by atoms with E-state index < -0.39 is 6.04 Å². The highest BCUT2D eigenvalue weighted by Crippen LogP contribution is 2.32. The summed E-state index contributed by atoms with van der Waals surface area (Å²) in [4.78, 5) is 13.1. The number of para-hydroxylation sites is 1. The molecule has 1 heterocycles. The van der Waals surface area contributed by atoms with E-state index in [1.54, 1.807) is 24.1 Å². The Kier molecular flexibility index (Phi) is 2.32. The van der Waals surface area contributed by atoms with Gasteiger partial charge < -0.3 is 16.0 Å². The first-order valence-electron chi connectivity index (χ1n) is 4.67. The molecule has 1 unspecified atom stereocenters. The van der Waals surface area contributed by atoms with Crippen molar-refractivity contribution in [3.63, 3.8) is 0 Å². The van der Waals surface area contributed by atoms with Crippen molar-refractivity contribution in [2.24, 2.45) is 5.73 Å². The molecule has 1 aromatic rings. The Morgan fingerprint density at radius 2 is 2.33 bits per heavy atom. The van der Waals surface area contributed by atoms with Gasteiger partial charge in [0, 0.05) is 13.6 Å². The molecule has 4 nitrogen and oxygen atoms in total. The highest BCUT2D eigenvalue weighted by atomic mass is 19.1. The number of anilines is 2. The normalized spacial score (nSPS) is 19.8. The van der Waals surface area contributed by atoms with Crippen LogP contribution in [-0.4, -0.2) is 25.5 Å². The number of nitrogens with two attached hydrogens (primary N) is 1. The second-order valence-electron chi connectivity index (χ2n) is 3.49. The molecule has 3 N–H and O–H groups in total. The summed E-state index contributed by atoms with van der Waals surface area (Å²) in [5.41, 5.74) is 6.36. The predicted molar refractivity (Wildman–Crippen MR) is 56.3 cm³/mol. The smallest absolute Gasteiger partial charge is 0.248 e. The van der Waals surface area contributed by atoms with Crippen molar-refractivity contribution >= 4 is 17.3 Å². The number of hydrogen-bond acceptors (Lipinski definition) is 3. The summed E-state index contributed by atoms with van der Waals surface area (Å²) in [7, 11) is 1.66. The summed E-state index contributed by atoms with van der Waals surface area (Å²) < 4.78 is 13.5. The fourth-order valence-electron chi connectivity index (χ4n) is 1.79. The van der Waals surface area contributed by atoms with Crippen LogP contribution >= 0.6 is 0 Å². The Hall–Kier alpha value is -1.62. The Bertz CT molecular complexity index is 408. The Morgan fingerprint density at radius 3 is 3.00 bits per heavy atom. The summed E-state index contributed by atoms with van der Waals surface area (Å²) in [5.74, 6) is -0.549. The molecular formula is C10H12FN3O. The van der Waals surface area contributed by atoms with E-state index in [4.69, 9.17) is 5.73 Å². The quantitative estimate of drug-likeness (QED) is 0.709. The predicted octanol–water partition coefficient (Wildman–Crippen LogP) is 0.541. The SMILES string of the molecule is CN1c2c(F)cccc2NC(=O)C1CN. The van der Waals surface area contributed by atoms with Gasteiger partial charge >= 0.3 is 0 Å². The largest absolute Gasteiger partial charge is 0.358 e. The van der Waals surface area contributed by atoms with Gasteiger partial charge in [-0.25, -0.2) is 4.39 Å². The average Bonchev–Trinajstić information content (AvgIpc) is 2.17. The van der Waals surface area contributed by atoms with Crippen molar-refractivity contribution in [3.8, 4) is 0 Å². The van der Waals surface area contributed by atoms with Crippen molar-refractivity contribution in [1.82, 2.24) is 0 Å². The second kappa shape index (κ2) is 3.51. The van der Waals surface area contributed by atoms with Gasteiger partial charge in [0.15, 0.2) is 0 Å². The number of hydrogen-bond donors (Lipinski definition) is 2. The van der Waals surface area contributed by atoms with E-state index in [1.807, 2.05) is 0 Å². The molecule has 80 valence electrons. The van der Waals surface area contributed by atoms with Gasteiger partial charge in [-0.05, 0) is 12.1 Å². The van der Waals surface area contributed by atoms with Crippen LogP contribution < -0.4 is 16.0 Å². The lowest BCUT2D eigenvalue weighted by molar-refractivity contribution is -0.117. The number of nitrogens with one attached hydrogen (secondary N) is 1. The summed E-state index contributed by atoms with van der Waals surface area (Å²) in [6.07, 6.45) is 0. The van der Waals surface area contributed by atoms with E-state index in [-0.39, 0.29) is 18.3 Å². The fraction of sp³-hybridized carbons (Fsp3) is 0.300. The van der Waals surface area contributed by atoms with Crippen LogP contribution in [0.5, 0.6) is 0 Å². The van der Waals surface area contributed by atoms with Crippen LogP contribution in [0.2, 0.25) is 0 Å². The van der Waals surface area contributed by atoms with Crippen LogP contribution in [0.3, 0.4) is 0 Å². The lowest BCUT2D eigenvalue weighted by atomic mass is 10.1. The highest BCUT2D eigenvalue weighted by Gasteiger charge is 2.31. The molecule has 0 bridgehead atoms. The Balaban J connectivity index is 2.51. The molecule has 1 aliphatic rings. The van der Waals surface area contributed by atoms with Crippen LogP contribution in [0, 0.1) is 5.82 Å². The van der Waals surface area contributed by atoms with Crippen molar-refractivity contribution in [2.45, 2.75) is 6.04 Å². The number of halogens is 1. The Labute approximate surface area is 86.9 Å². The van der Waals surface area contributed by atoms with Gasteiger partial charge in [-0.15, -0.1) is 0 Å². The van der Waals surface area contributed by atoms with Gasteiger partial charge in [0.1, 0.15) is 11.9 Å². The molecule has 15 heavy (non-hydrogen) atoms. The molecule has 1 aromatic carbocycles. The molecule has 1 amide bonds. The minimum Gasteiger partial charge on any atom is -0.358 e. The molecule has 0 radical (unpaired) electrons. The highest BCUT2D eigenvalue weighted by molar-refractivity contribution is 6.03. The maximum Gasteiger partial charge on any atom is 0.248 e. The van der Waals surface area contributed by atoms with Crippen molar-refractivity contribution in [3.05, 3.63) is 24.0 Å². The first-order chi connectivity index (χ1) is 7.15. The average molecular weight is 209 g/mol. The van der Waals surface area contributed by atoms with Gasteiger partial charge in [-0.1, -0.05) is 6.07 Å². The molecule has 1 atom stereocenters. The third-order valence-corrected chi connectivity index (χ3v) is 2.59. The first-order valence-corrected chi connectivity index (χ1v) is 4.67. The number of benzene rings is 1. The van der Waals surface area contributed by atoms with E-state index in [0.29, 0.717) is 11.4 Å². The van der Waals surface area contributed by atoms with Crippen LogP contribution in [0.4, 0.5) is 15.8 Å². The lowest BCUT2D eigenvalue weighted by Gasteiger charge is -2.34. The maximum atomic E-state index is 13.5. The lowest BCUT2D eigenvalue weighted by Crippen LogP contribution is -2.50. The van der Waals surface area contributed by atoms with E-state index in [2.05, 4.69) is 5.32 Å². The van der Waals surface area contributed by atoms with Crippen molar-refractivity contribution in [2.75, 3.05) is 23.8 Å². The molecule has 0 spiro atoms. The van der Waals surface area contributed by atoms with E-state index in [1.165, 1.54) is 6.07 Å². The molecule has 5 heteroatoms. The monoisotopic (exact) mass is 209 g/mol. The summed E-state index contributed by atoms with van der Waals surface area (Å²) in [5, 5.41) is 2.63. The third kappa shape index (κ3) is 1.45. The van der Waals surface area contributed by atoms with Gasteiger partial charge in [0.05, 0.1) is 11.4 Å². The molecular weight excluding hydrogens is 197 g/mol. The molecule has 0 aromatic heterocycles. The van der Waals surface area contributed by atoms with Crippen LogP contribution in [0.15, 0.2) is 18.2 Å². The minimum absolute atomic E-state index is 0.163. The maximum absolute atomic E-state index is 13.5. The van der Waals surface area contributed by atoms with Crippen LogP contribution in [0.25, 0.3) is 0 Å². The van der Waals surface area contributed by atoms with Gasteiger partial charge in [0.2, 0.25) is 5.91 Å². The van der Waals surface area contributed by atoms with E-state index in [9.17, 15) is 9.18 Å². The molecule has 0 fully saturated rings. The molecule has 2 rings (SSSR count). The van der Waals surface area contributed by atoms with Gasteiger partial charge in [0.25, 0.3) is 0 Å². The van der Waals surface area contributed by atoms with Gasteiger partial charge in [-0.2, -0.15) is 0 Å².